The number of hydrogen-bond donors (Lipinski definition) is 1. The molecular formula is C14H9N3O3S. The van der Waals surface area contributed by atoms with Crippen LogP contribution in [0.25, 0.3) is 10.2 Å². The second-order valence-electron chi connectivity index (χ2n) is 4.23. The summed E-state index contributed by atoms with van der Waals surface area (Å²) in [5, 5.41) is 20.8. The Balaban J connectivity index is 1.87. The predicted octanol–water partition coefficient (Wildman–Crippen LogP) is 3.66. The van der Waals surface area contributed by atoms with Crippen molar-refractivity contribution in [3.63, 3.8) is 0 Å². The first-order chi connectivity index (χ1) is 10.1. The number of thiazole rings is 1. The first-order valence-electron chi connectivity index (χ1n) is 6.00. The smallest absolute Gasteiger partial charge is 0.269 e. The highest BCUT2D eigenvalue weighted by molar-refractivity contribution is 7.22. The fourth-order valence-corrected chi connectivity index (χ4v) is 2.62. The first-order valence-corrected chi connectivity index (χ1v) is 6.82. The van der Waals surface area contributed by atoms with E-state index in [-0.39, 0.29) is 11.4 Å². The van der Waals surface area contributed by atoms with Crippen LogP contribution in [-0.4, -0.2) is 21.2 Å². The van der Waals surface area contributed by atoms with E-state index in [2.05, 4.69) is 9.98 Å². The molecule has 2 aromatic carbocycles. The Labute approximate surface area is 123 Å². The molecule has 0 saturated heterocycles. The summed E-state index contributed by atoms with van der Waals surface area (Å²) in [6, 6.07) is 11.3. The molecule has 0 radical (unpaired) electrons. The number of nitro benzene ring substituents is 1. The van der Waals surface area contributed by atoms with E-state index >= 15 is 0 Å². The zero-order valence-corrected chi connectivity index (χ0v) is 11.4. The van der Waals surface area contributed by atoms with Gasteiger partial charge in [0, 0.05) is 18.3 Å². The van der Waals surface area contributed by atoms with Crippen LogP contribution in [0, 0.1) is 10.1 Å². The number of rotatable bonds is 3. The Morgan fingerprint density at radius 2 is 2.00 bits per heavy atom. The highest BCUT2D eigenvalue weighted by atomic mass is 32.1. The van der Waals surface area contributed by atoms with Crippen LogP contribution in [0.15, 0.2) is 47.5 Å². The van der Waals surface area contributed by atoms with Crippen molar-refractivity contribution >= 4 is 38.6 Å². The van der Waals surface area contributed by atoms with E-state index in [0.717, 1.165) is 10.3 Å². The van der Waals surface area contributed by atoms with E-state index < -0.39 is 4.92 Å². The lowest BCUT2D eigenvalue weighted by atomic mass is 10.2. The second kappa shape index (κ2) is 5.29. The molecule has 0 amide bonds. The molecule has 0 saturated carbocycles. The van der Waals surface area contributed by atoms with Gasteiger partial charge in [-0.2, -0.15) is 0 Å². The SMILES string of the molecule is O=[N+]([O-])c1ccc(C=Nc2nc3c(O)cccc3s2)cc1. The Kier molecular flexibility index (Phi) is 3.33. The molecule has 0 aliphatic carbocycles. The van der Waals surface area contributed by atoms with Crippen molar-refractivity contribution in [2.24, 2.45) is 4.99 Å². The van der Waals surface area contributed by atoms with Crippen LogP contribution in [-0.2, 0) is 0 Å². The van der Waals surface area contributed by atoms with Gasteiger partial charge in [0.15, 0.2) is 0 Å². The number of aromatic nitrogens is 1. The highest BCUT2D eigenvalue weighted by Crippen LogP contribution is 2.32. The van der Waals surface area contributed by atoms with Gasteiger partial charge in [0.2, 0.25) is 5.13 Å². The van der Waals surface area contributed by atoms with Gasteiger partial charge in [-0.25, -0.2) is 9.98 Å². The number of nitrogens with zero attached hydrogens (tertiary/aromatic N) is 3. The molecule has 0 unspecified atom stereocenters. The number of phenols is 1. The Morgan fingerprint density at radius 1 is 1.24 bits per heavy atom. The number of non-ortho nitro benzene ring substituents is 1. The van der Waals surface area contributed by atoms with Crippen LogP contribution >= 0.6 is 11.3 Å². The molecule has 0 spiro atoms. The number of hydrogen-bond acceptors (Lipinski definition) is 6. The molecule has 0 aliphatic heterocycles. The van der Waals surface area contributed by atoms with Crippen molar-refractivity contribution in [1.82, 2.24) is 4.98 Å². The van der Waals surface area contributed by atoms with Crippen molar-refractivity contribution in [3.05, 3.63) is 58.1 Å². The quantitative estimate of drug-likeness (QED) is 0.454. The molecule has 6 nitrogen and oxygen atoms in total. The van der Waals surface area contributed by atoms with Gasteiger partial charge in [-0.05, 0) is 29.8 Å². The summed E-state index contributed by atoms with van der Waals surface area (Å²) in [4.78, 5) is 18.6. The normalized spacial score (nSPS) is 11.2. The van der Waals surface area contributed by atoms with Gasteiger partial charge in [-0.1, -0.05) is 17.4 Å². The van der Waals surface area contributed by atoms with Gasteiger partial charge in [-0.3, -0.25) is 10.1 Å². The van der Waals surface area contributed by atoms with Crippen molar-refractivity contribution in [2.75, 3.05) is 0 Å². The fourth-order valence-electron chi connectivity index (χ4n) is 1.79. The van der Waals surface area contributed by atoms with Gasteiger partial charge in [0.25, 0.3) is 5.69 Å². The van der Waals surface area contributed by atoms with E-state index in [4.69, 9.17) is 0 Å². The third kappa shape index (κ3) is 2.72. The Bertz CT molecular complexity index is 840. The summed E-state index contributed by atoms with van der Waals surface area (Å²) in [6.07, 6.45) is 1.58. The number of fused-ring (bicyclic) bond motifs is 1. The lowest BCUT2D eigenvalue weighted by Crippen LogP contribution is -1.88. The third-order valence-electron chi connectivity index (χ3n) is 2.81. The number of nitro groups is 1. The van der Waals surface area contributed by atoms with E-state index in [1.807, 2.05) is 6.07 Å². The van der Waals surface area contributed by atoms with E-state index in [1.165, 1.54) is 23.5 Å². The Hall–Kier alpha value is -2.80. The number of aromatic hydroxyl groups is 1. The molecule has 0 atom stereocenters. The van der Waals surface area contributed by atoms with Crippen molar-refractivity contribution < 1.29 is 10.0 Å². The van der Waals surface area contributed by atoms with Gasteiger partial charge in [-0.15, -0.1) is 0 Å². The highest BCUT2D eigenvalue weighted by Gasteiger charge is 2.06. The molecule has 0 fully saturated rings. The fraction of sp³-hybridized carbons (Fsp3) is 0. The Morgan fingerprint density at radius 3 is 2.67 bits per heavy atom. The molecule has 21 heavy (non-hydrogen) atoms. The maximum Gasteiger partial charge on any atom is 0.269 e. The average molecular weight is 299 g/mol. The summed E-state index contributed by atoms with van der Waals surface area (Å²) >= 11 is 1.36. The molecule has 1 heterocycles. The van der Waals surface area contributed by atoms with Crippen molar-refractivity contribution in [2.45, 2.75) is 0 Å². The number of benzene rings is 2. The maximum absolute atomic E-state index is 10.6. The monoisotopic (exact) mass is 299 g/mol. The van der Waals surface area contributed by atoms with E-state index in [1.54, 1.807) is 30.5 Å². The zero-order chi connectivity index (χ0) is 14.8. The van der Waals surface area contributed by atoms with Crippen molar-refractivity contribution in [1.29, 1.82) is 0 Å². The van der Waals surface area contributed by atoms with Crippen LogP contribution in [0.2, 0.25) is 0 Å². The molecular weight excluding hydrogens is 290 g/mol. The number of para-hydroxylation sites is 1. The predicted molar refractivity (Wildman–Crippen MR) is 81.6 cm³/mol. The van der Waals surface area contributed by atoms with Gasteiger partial charge in [0.1, 0.15) is 11.3 Å². The molecule has 104 valence electrons. The van der Waals surface area contributed by atoms with Crippen LogP contribution in [0.3, 0.4) is 0 Å². The minimum Gasteiger partial charge on any atom is -0.506 e. The lowest BCUT2D eigenvalue weighted by Gasteiger charge is -1.92. The molecule has 3 rings (SSSR count). The van der Waals surface area contributed by atoms with Crippen molar-refractivity contribution in [3.8, 4) is 5.75 Å². The molecule has 3 aromatic rings. The van der Waals surface area contributed by atoms with Gasteiger partial charge in [0.05, 0.1) is 9.62 Å². The number of phenolic OH excluding ortho intramolecular Hbond substituents is 1. The summed E-state index contributed by atoms with van der Waals surface area (Å²) in [6.45, 7) is 0. The average Bonchev–Trinajstić information content (AvgIpc) is 2.90. The zero-order valence-electron chi connectivity index (χ0n) is 10.6. The minimum absolute atomic E-state index is 0.0389. The summed E-state index contributed by atoms with van der Waals surface area (Å²) in [5.41, 5.74) is 1.31. The van der Waals surface area contributed by atoms with Gasteiger partial charge < -0.3 is 5.11 Å². The minimum atomic E-state index is -0.447. The molecule has 0 bridgehead atoms. The summed E-state index contributed by atoms with van der Waals surface area (Å²) in [5.74, 6) is 0.125. The number of aliphatic imine (C=N–C) groups is 1. The molecule has 1 aromatic heterocycles. The van der Waals surface area contributed by atoms with Crippen LogP contribution in [0.4, 0.5) is 10.8 Å². The summed E-state index contributed by atoms with van der Waals surface area (Å²) < 4.78 is 0.853. The standard InChI is InChI=1S/C14H9N3O3S/c18-11-2-1-3-12-13(11)16-14(21-12)15-8-9-4-6-10(7-5-9)17(19)20/h1-8,18H. The topological polar surface area (TPSA) is 88.6 Å². The largest absolute Gasteiger partial charge is 0.506 e. The maximum atomic E-state index is 10.6. The second-order valence-corrected chi connectivity index (χ2v) is 5.24. The molecule has 0 aliphatic rings. The molecule has 7 heteroatoms. The first kappa shape index (κ1) is 13.2. The van der Waals surface area contributed by atoms with Crippen LogP contribution < -0.4 is 0 Å². The lowest BCUT2D eigenvalue weighted by molar-refractivity contribution is -0.384. The third-order valence-corrected chi connectivity index (χ3v) is 3.74. The van der Waals surface area contributed by atoms with Crippen LogP contribution in [0.5, 0.6) is 5.75 Å². The van der Waals surface area contributed by atoms with E-state index in [9.17, 15) is 15.2 Å². The van der Waals surface area contributed by atoms with Gasteiger partial charge >= 0.3 is 0 Å². The van der Waals surface area contributed by atoms with Crippen LogP contribution in [0.1, 0.15) is 5.56 Å². The summed E-state index contributed by atoms with van der Waals surface area (Å²) in [7, 11) is 0. The van der Waals surface area contributed by atoms with E-state index in [0.29, 0.717) is 10.6 Å². The molecule has 1 N–H and O–H groups in total.